The molecular weight excluding hydrogens is 456 g/mol. The lowest BCUT2D eigenvalue weighted by Crippen LogP contribution is -2.60. The van der Waals surface area contributed by atoms with Crippen LogP contribution in [-0.4, -0.2) is 42.4 Å². The third-order valence-corrected chi connectivity index (χ3v) is 7.24. The van der Waals surface area contributed by atoms with Gasteiger partial charge in [0.05, 0.1) is 17.9 Å². The number of anilines is 1. The number of carbonyl (C=O) groups is 1. The molecular formula is C27H28N6O3. The molecule has 184 valence electrons. The molecule has 2 amide bonds. The predicted molar refractivity (Wildman–Crippen MR) is 135 cm³/mol. The van der Waals surface area contributed by atoms with Gasteiger partial charge in [-0.3, -0.25) is 10.00 Å². The molecule has 3 heterocycles. The number of urea groups is 1. The van der Waals surface area contributed by atoms with Crippen LogP contribution in [-0.2, 0) is 7.05 Å². The molecule has 1 spiro atoms. The lowest BCUT2D eigenvalue weighted by molar-refractivity contribution is -0.130. The van der Waals surface area contributed by atoms with Crippen LogP contribution < -0.4 is 15.4 Å². The Kier molecular flexibility index (Phi) is 5.30. The van der Waals surface area contributed by atoms with E-state index in [1.807, 2.05) is 74.8 Å². The first-order valence-corrected chi connectivity index (χ1v) is 12.1. The number of hydrogen-bond donors (Lipinski definition) is 3. The molecule has 36 heavy (non-hydrogen) atoms. The fourth-order valence-corrected chi connectivity index (χ4v) is 5.16. The molecule has 0 saturated heterocycles. The van der Waals surface area contributed by atoms with Crippen molar-refractivity contribution >= 4 is 11.8 Å². The SMILES string of the molecule is Cc1c(-c2cnn(C)c2)nn(-c2ccccc2)c1NC(=O)NC1c2ccccc2OC2(CCC2)[C@H]1O. The summed E-state index contributed by atoms with van der Waals surface area (Å²) in [4.78, 5) is 13.4. The van der Waals surface area contributed by atoms with Crippen molar-refractivity contribution in [3.05, 3.63) is 78.1 Å². The highest BCUT2D eigenvalue weighted by Crippen LogP contribution is 2.49. The lowest BCUT2D eigenvalue weighted by atomic mass is 9.71. The monoisotopic (exact) mass is 484 g/mol. The van der Waals surface area contributed by atoms with Crippen molar-refractivity contribution in [2.75, 3.05) is 5.32 Å². The van der Waals surface area contributed by atoms with Gasteiger partial charge in [0.25, 0.3) is 0 Å². The number of aryl methyl sites for hydroxylation is 1. The maximum atomic E-state index is 13.4. The van der Waals surface area contributed by atoms with Crippen LogP contribution in [0, 0.1) is 6.92 Å². The van der Waals surface area contributed by atoms with Crippen LogP contribution in [0.5, 0.6) is 5.75 Å². The van der Waals surface area contributed by atoms with Gasteiger partial charge in [-0.05, 0) is 44.4 Å². The summed E-state index contributed by atoms with van der Waals surface area (Å²) in [6.07, 6.45) is 5.31. The Hall–Kier alpha value is -4.11. The zero-order valence-corrected chi connectivity index (χ0v) is 20.2. The minimum atomic E-state index is -0.849. The smallest absolute Gasteiger partial charge is 0.320 e. The van der Waals surface area contributed by atoms with Crippen LogP contribution in [0.15, 0.2) is 67.0 Å². The number of para-hydroxylation sites is 2. The van der Waals surface area contributed by atoms with Gasteiger partial charge in [0.2, 0.25) is 0 Å². The molecule has 6 rings (SSSR count). The van der Waals surface area contributed by atoms with E-state index < -0.39 is 23.8 Å². The van der Waals surface area contributed by atoms with E-state index in [-0.39, 0.29) is 0 Å². The average molecular weight is 485 g/mol. The molecule has 1 fully saturated rings. The number of benzene rings is 2. The van der Waals surface area contributed by atoms with Gasteiger partial charge < -0.3 is 15.2 Å². The number of hydrogen-bond acceptors (Lipinski definition) is 5. The highest BCUT2D eigenvalue weighted by atomic mass is 16.5. The number of aromatic nitrogens is 4. The molecule has 1 aliphatic heterocycles. The van der Waals surface area contributed by atoms with Crippen molar-refractivity contribution in [2.24, 2.45) is 7.05 Å². The fraction of sp³-hybridized carbons (Fsp3) is 0.296. The summed E-state index contributed by atoms with van der Waals surface area (Å²) in [5, 5.41) is 26.4. The molecule has 9 nitrogen and oxygen atoms in total. The maximum Gasteiger partial charge on any atom is 0.320 e. The van der Waals surface area contributed by atoms with E-state index >= 15 is 0 Å². The van der Waals surface area contributed by atoms with Crippen LogP contribution in [0.2, 0.25) is 0 Å². The number of aliphatic hydroxyl groups excluding tert-OH is 1. The third kappa shape index (κ3) is 3.63. The second kappa shape index (κ2) is 8.53. The number of nitrogens with zero attached hydrogens (tertiary/aromatic N) is 4. The quantitative estimate of drug-likeness (QED) is 0.404. The Labute approximate surface area is 208 Å². The van der Waals surface area contributed by atoms with Crippen molar-refractivity contribution in [3.8, 4) is 22.7 Å². The minimum Gasteiger partial charge on any atom is -0.484 e. The highest BCUT2D eigenvalue weighted by molar-refractivity contribution is 5.91. The number of amides is 2. The van der Waals surface area contributed by atoms with Crippen LogP contribution in [0.25, 0.3) is 16.9 Å². The Morgan fingerprint density at radius 1 is 1.14 bits per heavy atom. The van der Waals surface area contributed by atoms with Gasteiger partial charge in [-0.15, -0.1) is 0 Å². The first-order chi connectivity index (χ1) is 17.4. The standard InChI is InChI=1S/C27H28N6O3/c1-17-22(18-15-28-32(2)16-18)31-33(19-9-4-3-5-10-19)25(17)30-26(35)29-23-20-11-6-7-12-21(20)36-27(24(23)34)13-8-14-27/h3-7,9-12,15-16,23-24,34H,8,13-14H2,1-2H3,(H2,29,30,35)/t23?,24-/m0/s1. The predicted octanol–water partition coefficient (Wildman–Crippen LogP) is 4.12. The highest BCUT2D eigenvalue weighted by Gasteiger charge is 2.53. The summed E-state index contributed by atoms with van der Waals surface area (Å²) in [6, 6.07) is 16.2. The number of nitrogens with one attached hydrogen (secondary N) is 2. The van der Waals surface area contributed by atoms with E-state index in [1.165, 1.54) is 0 Å². The lowest BCUT2D eigenvalue weighted by Gasteiger charge is -2.51. The van der Waals surface area contributed by atoms with E-state index in [0.29, 0.717) is 11.6 Å². The van der Waals surface area contributed by atoms with Gasteiger partial charge >= 0.3 is 6.03 Å². The van der Waals surface area contributed by atoms with E-state index in [9.17, 15) is 9.90 Å². The van der Waals surface area contributed by atoms with Gasteiger partial charge in [0.15, 0.2) is 0 Å². The summed E-state index contributed by atoms with van der Waals surface area (Å²) >= 11 is 0. The van der Waals surface area contributed by atoms with Gasteiger partial charge in [-0.1, -0.05) is 36.4 Å². The molecule has 0 radical (unpaired) electrons. The Morgan fingerprint density at radius 3 is 2.58 bits per heavy atom. The summed E-state index contributed by atoms with van der Waals surface area (Å²) in [5.41, 5.74) is 3.32. The Bertz CT molecular complexity index is 1420. The zero-order valence-electron chi connectivity index (χ0n) is 20.2. The topological polar surface area (TPSA) is 106 Å². The van der Waals surface area contributed by atoms with E-state index in [1.54, 1.807) is 15.6 Å². The number of fused-ring (bicyclic) bond motifs is 1. The molecule has 1 aliphatic carbocycles. The number of aliphatic hydroxyl groups is 1. The van der Waals surface area contributed by atoms with Crippen molar-refractivity contribution in [3.63, 3.8) is 0 Å². The van der Waals surface area contributed by atoms with E-state index in [0.717, 1.165) is 47.3 Å². The first-order valence-electron chi connectivity index (χ1n) is 12.1. The molecule has 4 aromatic rings. The summed E-state index contributed by atoms with van der Waals surface area (Å²) in [6.45, 7) is 1.92. The summed E-state index contributed by atoms with van der Waals surface area (Å²) in [5.74, 6) is 1.25. The normalized spacial score (nSPS) is 19.8. The van der Waals surface area contributed by atoms with Gasteiger partial charge in [0, 0.05) is 29.9 Å². The largest absolute Gasteiger partial charge is 0.484 e. The maximum absolute atomic E-state index is 13.4. The average Bonchev–Trinajstić information content (AvgIpc) is 3.43. The number of carbonyl (C=O) groups excluding carboxylic acids is 1. The third-order valence-electron chi connectivity index (χ3n) is 7.24. The Balaban J connectivity index is 1.34. The van der Waals surface area contributed by atoms with Crippen LogP contribution >= 0.6 is 0 Å². The molecule has 9 heteroatoms. The number of ether oxygens (including phenoxy) is 1. The summed E-state index contributed by atoms with van der Waals surface area (Å²) < 4.78 is 9.64. The molecule has 1 saturated carbocycles. The van der Waals surface area contributed by atoms with Crippen LogP contribution in [0.4, 0.5) is 10.6 Å². The molecule has 1 unspecified atom stereocenters. The molecule has 2 aromatic carbocycles. The van der Waals surface area contributed by atoms with Gasteiger partial charge in [-0.25, -0.2) is 9.48 Å². The Morgan fingerprint density at radius 2 is 1.89 bits per heavy atom. The molecule has 2 aliphatic rings. The fourth-order valence-electron chi connectivity index (χ4n) is 5.16. The molecule has 2 atom stereocenters. The van der Waals surface area contributed by atoms with Crippen molar-refractivity contribution in [1.29, 1.82) is 0 Å². The zero-order chi connectivity index (χ0) is 24.9. The number of rotatable bonds is 4. The van der Waals surface area contributed by atoms with Crippen molar-refractivity contribution < 1.29 is 14.6 Å². The van der Waals surface area contributed by atoms with Crippen LogP contribution in [0.3, 0.4) is 0 Å². The minimum absolute atomic E-state index is 0.428. The van der Waals surface area contributed by atoms with E-state index in [2.05, 4.69) is 15.7 Å². The summed E-state index contributed by atoms with van der Waals surface area (Å²) in [7, 11) is 1.85. The molecule has 0 bridgehead atoms. The van der Waals surface area contributed by atoms with Crippen LogP contribution in [0.1, 0.15) is 36.4 Å². The van der Waals surface area contributed by atoms with Gasteiger partial charge in [-0.2, -0.15) is 10.2 Å². The molecule has 2 aromatic heterocycles. The van der Waals surface area contributed by atoms with Crippen molar-refractivity contribution in [1.82, 2.24) is 24.9 Å². The second-order valence-electron chi connectivity index (χ2n) is 9.55. The first kappa shape index (κ1) is 22.4. The van der Waals surface area contributed by atoms with Crippen molar-refractivity contribution in [2.45, 2.75) is 43.9 Å². The van der Waals surface area contributed by atoms with Gasteiger partial charge in [0.1, 0.15) is 29.0 Å². The second-order valence-corrected chi connectivity index (χ2v) is 9.55. The molecule has 3 N–H and O–H groups in total. The van der Waals surface area contributed by atoms with E-state index in [4.69, 9.17) is 9.84 Å².